The van der Waals surface area contributed by atoms with Crippen molar-refractivity contribution in [2.75, 3.05) is 10.0 Å². The second-order valence-corrected chi connectivity index (χ2v) is 8.74. The van der Waals surface area contributed by atoms with Gasteiger partial charge in [-0.2, -0.15) is 0 Å². The maximum Gasteiger partial charge on any atom is 0.261 e. The summed E-state index contributed by atoms with van der Waals surface area (Å²) in [6.07, 6.45) is 3.81. The second kappa shape index (κ2) is 7.64. The van der Waals surface area contributed by atoms with Crippen molar-refractivity contribution in [3.8, 4) is 0 Å². The van der Waals surface area contributed by atoms with Crippen LogP contribution >= 0.6 is 11.3 Å². The molecule has 2 aromatic carbocycles. The summed E-state index contributed by atoms with van der Waals surface area (Å²) in [6, 6.07) is 10.8. The summed E-state index contributed by atoms with van der Waals surface area (Å²) in [4.78, 5) is 17.4. The predicted octanol–water partition coefficient (Wildman–Crippen LogP) is 3.52. The molecule has 0 radical (unpaired) electrons. The lowest BCUT2D eigenvalue weighted by Gasteiger charge is -2.09. The molecule has 10 heteroatoms. The first kappa shape index (κ1) is 19.1. The zero-order chi connectivity index (χ0) is 20.4. The summed E-state index contributed by atoms with van der Waals surface area (Å²) in [6.45, 7) is 0. The van der Waals surface area contributed by atoms with Crippen molar-refractivity contribution in [2.24, 2.45) is 0 Å². The van der Waals surface area contributed by atoms with E-state index in [1.807, 2.05) is 16.0 Å². The molecule has 148 valence electrons. The van der Waals surface area contributed by atoms with Crippen molar-refractivity contribution in [1.29, 1.82) is 0 Å². The van der Waals surface area contributed by atoms with Gasteiger partial charge in [0.25, 0.3) is 10.0 Å². The van der Waals surface area contributed by atoms with Crippen LogP contribution in [-0.4, -0.2) is 23.7 Å². The first-order valence-electron chi connectivity index (χ1n) is 8.48. The van der Waals surface area contributed by atoms with Gasteiger partial charge in [-0.1, -0.05) is 0 Å². The molecular weight excluding hydrogens is 415 g/mol. The molecule has 0 fully saturated rings. The Morgan fingerprint density at radius 1 is 1.07 bits per heavy atom. The second-order valence-electron chi connectivity index (χ2n) is 6.19. The Balaban J connectivity index is 1.38. The molecule has 1 amide bonds. The fourth-order valence-corrected chi connectivity index (χ4v) is 4.46. The van der Waals surface area contributed by atoms with Crippen LogP contribution in [-0.2, 0) is 21.2 Å². The quantitative estimate of drug-likeness (QED) is 0.490. The molecule has 0 atom stereocenters. The summed E-state index contributed by atoms with van der Waals surface area (Å²) in [5, 5.41) is 4.67. The van der Waals surface area contributed by atoms with Gasteiger partial charge in [0.1, 0.15) is 5.82 Å². The van der Waals surface area contributed by atoms with Crippen LogP contribution in [0.3, 0.4) is 0 Å². The first-order valence-corrected chi connectivity index (χ1v) is 10.8. The van der Waals surface area contributed by atoms with E-state index in [4.69, 9.17) is 0 Å². The first-order chi connectivity index (χ1) is 13.9. The molecule has 29 heavy (non-hydrogen) atoms. The number of hydrogen-bond donors (Lipinski definition) is 2. The van der Waals surface area contributed by atoms with E-state index in [0.717, 1.165) is 17.1 Å². The van der Waals surface area contributed by atoms with Crippen molar-refractivity contribution in [1.82, 2.24) is 9.38 Å². The number of halogens is 1. The Morgan fingerprint density at radius 2 is 1.76 bits per heavy atom. The minimum atomic E-state index is -3.83. The number of nitrogens with zero attached hydrogens (tertiary/aromatic N) is 2. The van der Waals surface area contributed by atoms with Crippen LogP contribution < -0.4 is 10.0 Å². The number of carbonyl (C=O) groups excluding carboxylic acids is 1. The summed E-state index contributed by atoms with van der Waals surface area (Å²) in [7, 11) is -3.83. The monoisotopic (exact) mass is 430 g/mol. The summed E-state index contributed by atoms with van der Waals surface area (Å²) in [5.74, 6) is -0.741. The SMILES string of the molecule is O=C(Cc1cn2ccsc2n1)Nc1ccc(NS(=O)(=O)c2ccc(F)cc2)cc1. The van der Waals surface area contributed by atoms with Crippen molar-refractivity contribution in [3.05, 3.63) is 77.8 Å². The van der Waals surface area contributed by atoms with Gasteiger partial charge in [0.05, 0.1) is 17.0 Å². The van der Waals surface area contributed by atoms with E-state index in [1.54, 1.807) is 18.3 Å². The zero-order valence-corrected chi connectivity index (χ0v) is 16.5. The third-order valence-corrected chi connectivity index (χ3v) is 6.20. The lowest BCUT2D eigenvalue weighted by molar-refractivity contribution is -0.115. The van der Waals surface area contributed by atoms with Gasteiger partial charge in [-0.05, 0) is 48.5 Å². The molecule has 0 saturated heterocycles. The van der Waals surface area contributed by atoms with Crippen LogP contribution in [0.1, 0.15) is 5.69 Å². The Bertz CT molecular complexity index is 1230. The van der Waals surface area contributed by atoms with E-state index in [0.29, 0.717) is 17.1 Å². The molecule has 0 aliphatic carbocycles. The highest BCUT2D eigenvalue weighted by molar-refractivity contribution is 7.92. The molecule has 0 bridgehead atoms. The molecule has 2 N–H and O–H groups in total. The Kier molecular flexibility index (Phi) is 5.03. The number of thiazole rings is 1. The van der Waals surface area contributed by atoms with Gasteiger partial charge in [0.2, 0.25) is 5.91 Å². The number of fused-ring (bicyclic) bond motifs is 1. The Morgan fingerprint density at radius 3 is 2.45 bits per heavy atom. The highest BCUT2D eigenvalue weighted by Crippen LogP contribution is 2.19. The van der Waals surface area contributed by atoms with Crippen molar-refractivity contribution in [3.63, 3.8) is 0 Å². The van der Waals surface area contributed by atoms with Crippen LogP contribution in [0.15, 0.2) is 71.2 Å². The maximum absolute atomic E-state index is 13.0. The zero-order valence-electron chi connectivity index (χ0n) is 14.9. The van der Waals surface area contributed by atoms with Gasteiger partial charge in [0.15, 0.2) is 4.96 Å². The number of imidazole rings is 1. The molecule has 4 rings (SSSR count). The van der Waals surface area contributed by atoms with Gasteiger partial charge < -0.3 is 5.32 Å². The number of aromatic nitrogens is 2. The Labute approximate surface area is 169 Å². The van der Waals surface area contributed by atoms with Gasteiger partial charge in [-0.3, -0.25) is 13.9 Å². The van der Waals surface area contributed by atoms with E-state index >= 15 is 0 Å². The van der Waals surface area contributed by atoms with Crippen LogP contribution in [0.25, 0.3) is 4.96 Å². The number of sulfonamides is 1. The summed E-state index contributed by atoms with van der Waals surface area (Å²) < 4.78 is 41.9. The lowest BCUT2D eigenvalue weighted by Crippen LogP contribution is -2.15. The van der Waals surface area contributed by atoms with Crippen molar-refractivity contribution < 1.29 is 17.6 Å². The van der Waals surface area contributed by atoms with Crippen molar-refractivity contribution in [2.45, 2.75) is 11.3 Å². The average molecular weight is 430 g/mol. The van der Waals surface area contributed by atoms with E-state index in [2.05, 4.69) is 15.0 Å². The highest BCUT2D eigenvalue weighted by atomic mass is 32.2. The highest BCUT2D eigenvalue weighted by Gasteiger charge is 2.14. The van der Waals surface area contributed by atoms with Gasteiger partial charge in [0, 0.05) is 29.1 Å². The maximum atomic E-state index is 13.0. The van der Waals surface area contributed by atoms with Crippen LogP contribution in [0.2, 0.25) is 0 Å². The number of amides is 1. The fraction of sp³-hybridized carbons (Fsp3) is 0.0526. The van der Waals surface area contributed by atoms with Gasteiger partial charge in [-0.25, -0.2) is 17.8 Å². The number of rotatable bonds is 6. The largest absolute Gasteiger partial charge is 0.326 e. The van der Waals surface area contributed by atoms with Crippen LogP contribution in [0, 0.1) is 5.82 Å². The third kappa shape index (κ3) is 4.44. The topological polar surface area (TPSA) is 92.6 Å². The molecule has 2 heterocycles. The normalized spacial score (nSPS) is 11.5. The molecular formula is C19H15FN4O3S2. The lowest BCUT2D eigenvalue weighted by atomic mass is 10.2. The third-order valence-electron chi connectivity index (χ3n) is 4.03. The molecule has 0 aliphatic rings. The molecule has 0 spiro atoms. The van der Waals surface area contributed by atoms with Gasteiger partial charge in [-0.15, -0.1) is 11.3 Å². The number of benzene rings is 2. The smallest absolute Gasteiger partial charge is 0.261 e. The molecule has 7 nitrogen and oxygen atoms in total. The number of anilines is 2. The predicted molar refractivity (Wildman–Crippen MR) is 109 cm³/mol. The molecule has 4 aromatic rings. The van der Waals surface area contributed by atoms with E-state index in [1.165, 1.54) is 35.6 Å². The Hall–Kier alpha value is -3.24. The average Bonchev–Trinajstić information content (AvgIpc) is 3.25. The van der Waals surface area contributed by atoms with E-state index in [9.17, 15) is 17.6 Å². The van der Waals surface area contributed by atoms with Crippen LogP contribution in [0.5, 0.6) is 0 Å². The molecule has 0 unspecified atom stereocenters. The number of nitrogens with one attached hydrogen (secondary N) is 2. The minimum absolute atomic E-state index is 0.0451. The molecule has 2 aromatic heterocycles. The summed E-state index contributed by atoms with van der Waals surface area (Å²) >= 11 is 1.49. The van der Waals surface area contributed by atoms with E-state index in [-0.39, 0.29) is 17.2 Å². The van der Waals surface area contributed by atoms with Crippen molar-refractivity contribution >= 4 is 43.6 Å². The summed E-state index contributed by atoms with van der Waals surface area (Å²) in [5.41, 5.74) is 1.51. The molecule has 0 saturated carbocycles. The standard InChI is InChI=1S/C19H15FN4O3S2/c20-13-1-7-17(8-2-13)29(26,27)23-15-5-3-14(4-6-15)21-18(25)11-16-12-24-9-10-28-19(24)22-16/h1-10,12,23H,11H2,(H,21,25). The van der Waals surface area contributed by atoms with E-state index < -0.39 is 15.8 Å². The molecule has 0 aliphatic heterocycles. The van der Waals surface area contributed by atoms with Crippen LogP contribution in [0.4, 0.5) is 15.8 Å². The minimum Gasteiger partial charge on any atom is -0.326 e. The number of hydrogen-bond acceptors (Lipinski definition) is 5. The fourth-order valence-electron chi connectivity index (χ4n) is 2.68. The van der Waals surface area contributed by atoms with Gasteiger partial charge >= 0.3 is 0 Å². The number of carbonyl (C=O) groups is 1.